The van der Waals surface area contributed by atoms with E-state index < -0.39 is 18.5 Å². The molecule has 0 unspecified atom stereocenters. The highest BCUT2D eigenvalue weighted by Crippen LogP contribution is 2.17. The standard InChI is InChI=1S/C25H21N3O4/c26-15-14-18-10-12-20(13-11-18)27-24(30)17-32-25(31)21-8-4-5-9-22(21)28-23(29)16-19-6-2-1-3-7-19/h1-13H,14,16-17H2,(H,27,30)(H,28,29). The SMILES string of the molecule is N#CCc1ccc(NC(=O)COC(=O)c2ccccc2NC(=O)Cc2ccccc2)cc1. The number of hydrogen-bond acceptors (Lipinski definition) is 5. The van der Waals surface area contributed by atoms with Crippen LogP contribution in [0, 0.1) is 11.3 Å². The molecule has 2 amide bonds. The van der Waals surface area contributed by atoms with Gasteiger partial charge in [0.2, 0.25) is 5.91 Å². The summed E-state index contributed by atoms with van der Waals surface area (Å²) in [6.45, 7) is -0.481. The molecule has 3 aromatic carbocycles. The summed E-state index contributed by atoms with van der Waals surface area (Å²) in [5.74, 6) is -1.49. The summed E-state index contributed by atoms with van der Waals surface area (Å²) in [7, 11) is 0. The first kappa shape index (κ1) is 22.2. The van der Waals surface area contributed by atoms with Crippen molar-refractivity contribution >= 4 is 29.2 Å². The summed E-state index contributed by atoms with van der Waals surface area (Å²) < 4.78 is 5.12. The Balaban J connectivity index is 1.55. The second-order valence-corrected chi connectivity index (χ2v) is 6.91. The van der Waals surface area contributed by atoms with Crippen LogP contribution in [0.3, 0.4) is 0 Å². The molecule has 3 aromatic rings. The molecule has 7 nitrogen and oxygen atoms in total. The number of ether oxygens (including phenoxy) is 1. The van der Waals surface area contributed by atoms with Gasteiger partial charge in [-0.2, -0.15) is 5.26 Å². The number of anilines is 2. The molecule has 0 bridgehead atoms. The number of para-hydroxylation sites is 1. The van der Waals surface area contributed by atoms with Gasteiger partial charge < -0.3 is 15.4 Å². The van der Waals surface area contributed by atoms with E-state index >= 15 is 0 Å². The third kappa shape index (κ3) is 6.54. The quantitative estimate of drug-likeness (QED) is 0.533. The van der Waals surface area contributed by atoms with Crippen LogP contribution < -0.4 is 10.6 Å². The summed E-state index contributed by atoms with van der Waals surface area (Å²) in [4.78, 5) is 37.0. The summed E-state index contributed by atoms with van der Waals surface area (Å²) in [5.41, 5.74) is 2.68. The molecule has 32 heavy (non-hydrogen) atoms. The second-order valence-electron chi connectivity index (χ2n) is 6.91. The lowest BCUT2D eigenvalue weighted by Gasteiger charge is -2.11. The van der Waals surface area contributed by atoms with E-state index in [-0.39, 0.29) is 24.3 Å². The number of nitriles is 1. The molecule has 160 valence electrons. The first-order valence-corrected chi connectivity index (χ1v) is 9.91. The minimum atomic E-state index is -0.722. The Morgan fingerprint density at radius 2 is 1.47 bits per heavy atom. The summed E-state index contributed by atoms with van der Waals surface area (Å²) >= 11 is 0. The maximum atomic E-state index is 12.5. The van der Waals surface area contributed by atoms with Gasteiger partial charge in [0.05, 0.1) is 30.2 Å². The normalized spacial score (nSPS) is 9.97. The lowest BCUT2D eigenvalue weighted by atomic mass is 10.1. The van der Waals surface area contributed by atoms with E-state index in [1.165, 1.54) is 6.07 Å². The van der Waals surface area contributed by atoms with Crippen LogP contribution in [-0.2, 0) is 27.2 Å². The van der Waals surface area contributed by atoms with Crippen LogP contribution in [0.2, 0.25) is 0 Å². The predicted molar refractivity (Wildman–Crippen MR) is 120 cm³/mol. The fourth-order valence-electron chi connectivity index (χ4n) is 2.95. The van der Waals surface area contributed by atoms with Crippen LogP contribution >= 0.6 is 0 Å². The van der Waals surface area contributed by atoms with Crippen molar-refractivity contribution in [3.63, 3.8) is 0 Å². The first-order valence-electron chi connectivity index (χ1n) is 9.91. The molecule has 0 atom stereocenters. The first-order chi connectivity index (χ1) is 15.5. The molecular formula is C25H21N3O4. The Labute approximate surface area is 185 Å². The Morgan fingerprint density at radius 1 is 0.781 bits per heavy atom. The van der Waals surface area contributed by atoms with Gasteiger partial charge in [-0.25, -0.2) is 4.79 Å². The van der Waals surface area contributed by atoms with E-state index in [9.17, 15) is 14.4 Å². The van der Waals surface area contributed by atoms with Crippen molar-refractivity contribution in [1.82, 2.24) is 0 Å². The van der Waals surface area contributed by atoms with Crippen LogP contribution in [0.5, 0.6) is 0 Å². The minimum absolute atomic E-state index is 0.155. The van der Waals surface area contributed by atoms with E-state index in [4.69, 9.17) is 10.00 Å². The number of carbonyl (C=O) groups is 3. The zero-order valence-corrected chi connectivity index (χ0v) is 17.2. The molecule has 0 spiro atoms. The molecule has 2 N–H and O–H groups in total. The average molecular weight is 427 g/mol. The smallest absolute Gasteiger partial charge is 0.340 e. The monoisotopic (exact) mass is 427 g/mol. The Hall–Kier alpha value is -4.44. The van der Waals surface area contributed by atoms with E-state index in [1.807, 2.05) is 36.4 Å². The molecule has 0 aliphatic rings. The molecular weight excluding hydrogens is 406 g/mol. The van der Waals surface area contributed by atoms with Crippen molar-refractivity contribution in [1.29, 1.82) is 5.26 Å². The molecule has 0 aliphatic heterocycles. The number of benzene rings is 3. The fourth-order valence-corrected chi connectivity index (χ4v) is 2.95. The zero-order valence-electron chi connectivity index (χ0n) is 17.2. The average Bonchev–Trinajstić information content (AvgIpc) is 2.80. The molecule has 0 heterocycles. The number of nitrogens with one attached hydrogen (secondary N) is 2. The number of rotatable bonds is 8. The van der Waals surface area contributed by atoms with Gasteiger partial charge >= 0.3 is 5.97 Å². The van der Waals surface area contributed by atoms with Crippen molar-refractivity contribution < 1.29 is 19.1 Å². The van der Waals surface area contributed by atoms with Gasteiger partial charge in [0.25, 0.3) is 5.91 Å². The maximum Gasteiger partial charge on any atom is 0.340 e. The molecule has 0 saturated heterocycles. The highest BCUT2D eigenvalue weighted by molar-refractivity contribution is 6.02. The number of amides is 2. The Kier molecular flexibility index (Phi) is 7.71. The van der Waals surface area contributed by atoms with E-state index in [2.05, 4.69) is 10.6 Å². The molecule has 0 aromatic heterocycles. The molecule has 0 aliphatic carbocycles. The lowest BCUT2D eigenvalue weighted by Crippen LogP contribution is -2.22. The summed E-state index contributed by atoms with van der Waals surface area (Å²) in [5, 5.41) is 14.0. The lowest BCUT2D eigenvalue weighted by molar-refractivity contribution is -0.119. The van der Waals surface area contributed by atoms with E-state index in [0.717, 1.165) is 11.1 Å². The van der Waals surface area contributed by atoms with Crippen LogP contribution in [0.25, 0.3) is 0 Å². The van der Waals surface area contributed by atoms with Crippen molar-refractivity contribution in [2.75, 3.05) is 17.2 Å². The van der Waals surface area contributed by atoms with E-state index in [0.29, 0.717) is 11.4 Å². The second kappa shape index (κ2) is 11.1. The van der Waals surface area contributed by atoms with Gasteiger partial charge in [-0.3, -0.25) is 9.59 Å². The van der Waals surface area contributed by atoms with Crippen LogP contribution in [-0.4, -0.2) is 24.4 Å². The molecule has 7 heteroatoms. The molecule has 3 rings (SSSR count). The van der Waals surface area contributed by atoms with Crippen molar-refractivity contribution in [2.24, 2.45) is 0 Å². The highest BCUT2D eigenvalue weighted by atomic mass is 16.5. The highest BCUT2D eigenvalue weighted by Gasteiger charge is 2.16. The topological polar surface area (TPSA) is 108 Å². The Bertz CT molecular complexity index is 1140. The third-order valence-electron chi connectivity index (χ3n) is 4.48. The fraction of sp³-hybridized carbons (Fsp3) is 0.120. The number of hydrogen-bond donors (Lipinski definition) is 2. The maximum absolute atomic E-state index is 12.5. The zero-order chi connectivity index (χ0) is 22.8. The van der Waals surface area contributed by atoms with Gasteiger partial charge in [0, 0.05) is 5.69 Å². The van der Waals surface area contributed by atoms with Crippen molar-refractivity contribution in [2.45, 2.75) is 12.8 Å². The van der Waals surface area contributed by atoms with Crippen LogP contribution in [0.1, 0.15) is 21.5 Å². The molecule has 0 radical (unpaired) electrons. The molecule has 0 saturated carbocycles. The van der Waals surface area contributed by atoms with Gasteiger partial charge in [-0.1, -0.05) is 54.6 Å². The molecule has 0 fully saturated rings. The van der Waals surface area contributed by atoms with Gasteiger partial charge in [-0.05, 0) is 35.4 Å². The summed E-state index contributed by atoms with van der Waals surface area (Å²) in [6.07, 6.45) is 0.451. The van der Waals surface area contributed by atoms with Gasteiger partial charge in [-0.15, -0.1) is 0 Å². The predicted octanol–water partition coefficient (Wildman–Crippen LogP) is 3.73. The van der Waals surface area contributed by atoms with Crippen molar-refractivity contribution in [3.05, 3.63) is 95.6 Å². The third-order valence-corrected chi connectivity index (χ3v) is 4.48. The van der Waals surface area contributed by atoms with Crippen LogP contribution in [0.15, 0.2) is 78.9 Å². The number of nitrogens with zero attached hydrogens (tertiary/aromatic N) is 1. The minimum Gasteiger partial charge on any atom is -0.452 e. The Morgan fingerprint density at radius 3 is 2.19 bits per heavy atom. The largest absolute Gasteiger partial charge is 0.452 e. The number of esters is 1. The van der Waals surface area contributed by atoms with Crippen LogP contribution in [0.4, 0.5) is 11.4 Å². The summed E-state index contributed by atoms with van der Waals surface area (Å²) in [6, 6.07) is 24.6. The van der Waals surface area contributed by atoms with E-state index in [1.54, 1.807) is 42.5 Å². The van der Waals surface area contributed by atoms with Gasteiger partial charge in [0.1, 0.15) is 0 Å². The van der Waals surface area contributed by atoms with Crippen molar-refractivity contribution in [3.8, 4) is 6.07 Å². The number of carbonyl (C=O) groups excluding carboxylic acids is 3. The van der Waals surface area contributed by atoms with Gasteiger partial charge in [0.15, 0.2) is 6.61 Å².